The van der Waals surface area contributed by atoms with Gasteiger partial charge in [-0.1, -0.05) is 90.4 Å². The number of nitrogens with zero attached hydrogens (tertiary/aromatic N) is 2. The highest BCUT2D eigenvalue weighted by molar-refractivity contribution is 14.2. The Morgan fingerprint density at radius 2 is 1.17 bits per heavy atom. The zero-order valence-corrected chi connectivity index (χ0v) is 21.4. The number of hydrogen-bond acceptors (Lipinski definition) is 6. The summed E-state index contributed by atoms with van der Waals surface area (Å²) in [6.07, 6.45) is 2.57. The summed E-state index contributed by atoms with van der Waals surface area (Å²) < 4.78 is 25.2. The quantitative estimate of drug-likeness (QED) is 0.248. The highest BCUT2D eigenvalue weighted by atomic mass is 127. The van der Waals surface area contributed by atoms with Gasteiger partial charge in [-0.25, -0.2) is 8.42 Å². The van der Waals surface area contributed by atoms with E-state index in [0.717, 1.165) is 12.8 Å². The number of alkyl halides is 4. The minimum atomic E-state index is -4.41. The van der Waals surface area contributed by atoms with Gasteiger partial charge in [-0.2, -0.15) is 0 Å². The molecule has 0 aliphatic carbocycles. The highest BCUT2D eigenvalue weighted by Gasteiger charge is 2.47. The van der Waals surface area contributed by atoms with Crippen molar-refractivity contribution in [1.82, 2.24) is 9.80 Å². The van der Waals surface area contributed by atoms with Crippen LogP contribution in [0.4, 0.5) is 0 Å². The summed E-state index contributed by atoms with van der Waals surface area (Å²) in [5, 5.41) is -1.83. The van der Waals surface area contributed by atoms with Crippen LogP contribution in [0.15, 0.2) is 0 Å². The molecule has 23 heavy (non-hydrogen) atoms. The number of carbonyl (C=O) groups is 2. The van der Waals surface area contributed by atoms with Crippen molar-refractivity contribution in [2.75, 3.05) is 13.1 Å². The molecule has 132 valence electrons. The molecule has 0 aromatic rings. The van der Waals surface area contributed by atoms with Gasteiger partial charge in [0.05, 0.1) is 12.1 Å². The Morgan fingerprint density at radius 3 is 1.48 bits per heavy atom. The Labute approximate surface area is 190 Å². The second-order valence-corrected chi connectivity index (χ2v) is 16.8. The Hall–Kier alpha value is 2.13. The van der Waals surface area contributed by atoms with E-state index in [1.54, 1.807) is 0 Å². The van der Waals surface area contributed by atoms with Gasteiger partial charge < -0.3 is 0 Å². The molecule has 2 atom stereocenters. The number of likely N-dealkylation sites (tertiary alicyclic amines) is 2. The lowest BCUT2D eigenvalue weighted by atomic mass is 10.2. The number of rotatable bonds is 4. The summed E-state index contributed by atoms with van der Waals surface area (Å²) in [6, 6.07) is -1.37. The summed E-state index contributed by atoms with van der Waals surface area (Å²) in [6.45, 7) is 1.38. The predicted molar refractivity (Wildman–Crippen MR) is 122 cm³/mol. The molecular weight excluding hydrogens is 776 g/mol. The number of sulfone groups is 1. The third kappa shape index (κ3) is 4.70. The third-order valence-electron chi connectivity index (χ3n) is 4.16. The molecule has 0 aromatic carbocycles. The first-order valence-corrected chi connectivity index (χ1v) is 13.5. The van der Waals surface area contributed by atoms with Crippen LogP contribution in [-0.4, -0.2) is 57.7 Å². The van der Waals surface area contributed by atoms with Crippen LogP contribution in [0.5, 0.6) is 0 Å². The Kier molecular flexibility index (Phi) is 8.27. The van der Waals surface area contributed by atoms with E-state index in [2.05, 4.69) is 90.4 Å². The molecule has 0 amide bonds. The van der Waals surface area contributed by atoms with Crippen LogP contribution in [0.2, 0.25) is 0 Å². The average molecular weight is 792 g/mol. The fourth-order valence-electron chi connectivity index (χ4n) is 3.01. The summed E-state index contributed by atoms with van der Waals surface area (Å²) >= 11 is 8.64. The van der Waals surface area contributed by atoms with Crippen LogP contribution >= 0.6 is 90.4 Å². The van der Waals surface area contributed by atoms with Crippen LogP contribution in [0.25, 0.3) is 0 Å². The molecule has 2 heterocycles. The summed E-state index contributed by atoms with van der Waals surface area (Å²) in [4.78, 5) is 28.9. The van der Waals surface area contributed by atoms with Crippen LogP contribution < -0.4 is 0 Å². The Morgan fingerprint density at radius 1 is 0.826 bits per heavy atom. The maximum absolute atomic E-state index is 12.6. The van der Waals surface area contributed by atoms with Gasteiger partial charge in [0.2, 0.25) is 0 Å². The van der Waals surface area contributed by atoms with Gasteiger partial charge >= 0.3 is 0 Å². The largest absolute Gasteiger partial charge is 0.279 e. The Balaban J connectivity index is 2.20. The molecule has 2 aliphatic heterocycles. The van der Waals surface area contributed by atoms with Crippen molar-refractivity contribution in [2.24, 2.45) is 0 Å². The second kappa shape index (κ2) is 8.88. The van der Waals surface area contributed by atoms with Gasteiger partial charge in [-0.3, -0.25) is 19.4 Å². The van der Waals surface area contributed by atoms with E-state index in [1.165, 1.54) is 0 Å². The first kappa shape index (κ1) is 21.4. The summed E-state index contributed by atoms with van der Waals surface area (Å²) in [5.41, 5.74) is 0. The number of carbonyl (C=O) groups excluding carboxylic acids is 2. The van der Waals surface area contributed by atoms with Crippen LogP contribution in [0.3, 0.4) is 0 Å². The zero-order valence-electron chi connectivity index (χ0n) is 12.0. The molecule has 0 N–H and O–H groups in total. The molecule has 2 saturated heterocycles. The lowest BCUT2D eigenvalue weighted by molar-refractivity contribution is -0.118. The summed E-state index contributed by atoms with van der Waals surface area (Å²) in [7, 11) is -4.41. The molecule has 0 unspecified atom stereocenters. The highest BCUT2D eigenvalue weighted by Crippen LogP contribution is 2.31. The molecule has 0 bridgehead atoms. The average Bonchev–Trinajstić information content (AvgIpc) is 3.13. The molecule has 0 spiro atoms. The van der Waals surface area contributed by atoms with Gasteiger partial charge in [-0.15, -0.1) is 0 Å². The number of halogens is 4. The van der Waals surface area contributed by atoms with E-state index in [4.69, 9.17) is 0 Å². The lowest BCUT2D eigenvalue weighted by Gasteiger charge is -2.27. The van der Waals surface area contributed by atoms with Crippen molar-refractivity contribution >= 4 is 110 Å². The first-order chi connectivity index (χ1) is 10.7. The lowest BCUT2D eigenvalue weighted by Crippen LogP contribution is -2.48. The maximum Gasteiger partial charge on any atom is 0.276 e. The SMILES string of the molecule is O=C([C@@H]1CCCN1C(I)I)S(=O)(=O)C(=O)[C@@H]1CCCN1C(I)I. The molecule has 6 nitrogen and oxygen atoms in total. The van der Waals surface area contributed by atoms with Crippen LogP contribution in [0, 0.1) is 0 Å². The molecule has 0 saturated carbocycles. The molecule has 2 aliphatic rings. The standard InChI is InChI=1S/C12H16I4N2O4S/c13-11(14)17-5-1-3-7(17)9(19)23(21,22)10(20)8-4-2-6-18(8)12(15)16/h7-8,11-12H,1-6H2/t7-,8-/m0/s1. The normalized spacial score (nSPS) is 27.2. The number of hydrogen-bond donors (Lipinski definition) is 0. The van der Waals surface area contributed by atoms with Crippen molar-refractivity contribution in [2.45, 2.75) is 41.9 Å². The van der Waals surface area contributed by atoms with Crippen molar-refractivity contribution in [3.05, 3.63) is 0 Å². The zero-order chi connectivity index (χ0) is 17.4. The van der Waals surface area contributed by atoms with Gasteiger partial charge in [-0.05, 0) is 25.7 Å². The topological polar surface area (TPSA) is 74.8 Å². The van der Waals surface area contributed by atoms with Gasteiger partial charge in [0, 0.05) is 13.1 Å². The van der Waals surface area contributed by atoms with Gasteiger partial charge in [0.1, 0.15) is 4.11 Å². The smallest absolute Gasteiger partial charge is 0.276 e. The van der Waals surface area contributed by atoms with E-state index in [9.17, 15) is 18.0 Å². The Bertz CT molecular complexity index is 540. The first-order valence-electron chi connectivity index (χ1n) is 7.08. The second-order valence-electron chi connectivity index (χ2n) is 5.49. The molecule has 2 rings (SSSR count). The minimum absolute atomic E-state index is 0.0306. The van der Waals surface area contributed by atoms with Crippen LogP contribution in [0.1, 0.15) is 25.7 Å². The third-order valence-corrected chi connectivity index (χ3v) is 8.63. The predicted octanol–water partition coefficient (Wildman–Crippen LogP) is 2.69. The van der Waals surface area contributed by atoms with E-state index in [-0.39, 0.29) is 4.11 Å². The molecule has 11 heteroatoms. The summed E-state index contributed by atoms with van der Waals surface area (Å²) in [5.74, 6) is 0. The molecular formula is C12H16I4N2O4S. The van der Waals surface area contributed by atoms with Crippen molar-refractivity contribution < 1.29 is 18.0 Å². The maximum atomic E-state index is 12.6. The van der Waals surface area contributed by atoms with E-state index in [0.29, 0.717) is 25.9 Å². The van der Waals surface area contributed by atoms with Gasteiger partial charge in [0.25, 0.3) is 20.1 Å². The van der Waals surface area contributed by atoms with Gasteiger partial charge in [0.15, 0.2) is 0 Å². The fraction of sp³-hybridized carbons (Fsp3) is 0.833. The van der Waals surface area contributed by atoms with E-state index >= 15 is 0 Å². The molecule has 0 radical (unpaired) electrons. The molecule has 2 fully saturated rings. The van der Waals surface area contributed by atoms with Crippen molar-refractivity contribution in [1.29, 1.82) is 0 Å². The minimum Gasteiger partial charge on any atom is -0.279 e. The van der Waals surface area contributed by atoms with Crippen molar-refractivity contribution in [3.8, 4) is 0 Å². The molecule has 0 aromatic heterocycles. The fourth-order valence-corrected chi connectivity index (χ4v) is 7.10. The van der Waals surface area contributed by atoms with Crippen molar-refractivity contribution in [3.63, 3.8) is 0 Å². The van der Waals surface area contributed by atoms with E-state index in [1.807, 2.05) is 9.80 Å². The van der Waals surface area contributed by atoms with E-state index < -0.39 is 32.2 Å². The van der Waals surface area contributed by atoms with Crippen LogP contribution in [-0.2, 0) is 19.4 Å². The monoisotopic (exact) mass is 792 g/mol.